The minimum Gasteiger partial charge on any atom is -0.497 e. The third kappa shape index (κ3) is 4.67. The van der Waals surface area contributed by atoms with Crippen molar-refractivity contribution in [3.63, 3.8) is 0 Å². The van der Waals surface area contributed by atoms with Crippen molar-refractivity contribution in [1.29, 1.82) is 0 Å². The van der Waals surface area contributed by atoms with E-state index in [1.54, 1.807) is 35.5 Å². The molecule has 0 spiro atoms. The van der Waals surface area contributed by atoms with E-state index in [1.165, 1.54) is 17.0 Å². The van der Waals surface area contributed by atoms with Gasteiger partial charge in [0.2, 0.25) is 5.82 Å². The van der Waals surface area contributed by atoms with Crippen LogP contribution < -0.4 is 10.1 Å². The molecule has 178 valence electrons. The Balaban J connectivity index is 1.54. The van der Waals surface area contributed by atoms with Gasteiger partial charge in [-0.1, -0.05) is 23.4 Å². The Kier molecular flexibility index (Phi) is 6.33. The van der Waals surface area contributed by atoms with Crippen molar-refractivity contribution >= 4 is 22.9 Å². The van der Waals surface area contributed by atoms with Gasteiger partial charge in [0.15, 0.2) is 0 Å². The highest BCUT2D eigenvalue weighted by atomic mass is 32.1. The first kappa shape index (κ1) is 22.8. The predicted octanol–water partition coefficient (Wildman–Crippen LogP) is 5.69. The highest BCUT2D eigenvalue weighted by Gasteiger charge is 2.35. The molecule has 0 saturated heterocycles. The summed E-state index contributed by atoms with van der Waals surface area (Å²) in [4.78, 5) is 20.7. The third-order valence-electron chi connectivity index (χ3n) is 5.97. The van der Waals surface area contributed by atoms with E-state index in [4.69, 9.17) is 9.26 Å². The number of carbonyl (C=O) groups is 1. The van der Waals surface area contributed by atoms with Crippen molar-refractivity contribution < 1.29 is 18.4 Å². The van der Waals surface area contributed by atoms with Gasteiger partial charge in [0, 0.05) is 22.7 Å². The van der Waals surface area contributed by atoms with Crippen LogP contribution in [0.5, 0.6) is 5.75 Å². The maximum Gasteiger partial charge on any atom is 0.322 e. The zero-order valence-electron chi connectivity index (χ0n) is 19.2. The van der Waals surface area contributed by atoms with Crippen LogP contribution >= 0.6 is 11.3 Å². The average molecular weight is 491 g/mol. The largest absolute Gasteiger partial charge is 0.497 e. The molecule has 9 heteroatoms. The summed E-state index contributed by atoms with van der Waals surface area (Å²) >= 11 is 1.66. The number of amides is 2. The number of ether oxygens (including phenoxy) is 1. The van der Waals surface area contributed by atoms with Crippen LogP contribution in [0.1, 0.15) is 29.3 Å². The zero-order valence-corrected chi connectivity index (χ0v) is 20.0. The number of urea groups is 1. The van der Waals surface area contributed by atoms with Gasteiger partial charge in [-0.25, -0.2) is 9.18 Å². The molecule has 3 heterocycles. The van der Waals surface area contributed by atoms with E-state index >= 15 is 0 Å². The van der Waals surface area contributed by atoms with Gasteiger partial charge in [0.1, 0.15) is 11.6 Å². The van der Waals surface area contributed by atoms with Crippen LogP contribution in [0.25, 0.3) is 17.0 Å². The van der Waals surface area contributed by atoms with Crippen molar-refractivity contribution in [2.24, 2.45) is 0 Å². The molecule has 1 aliphatic rings. The minimum atomic E-state index is -0.493. The second-order valence-electron chi connectivity index (χ2n) is 8.07. The molecule has 1 unspecified atom stereocenters. The van der Waals surface area contributed by atoms with Crippen molar-refractivity contribution in [2.45, 2.75) is 19.4 Å². The first-order valence-electron chi connectivity index (χ1n) is 11.1. The molecule has 1 aliphatic heterocycles. The van der Waals surface area contributed by atoms with E-state index in [-0.39, 0.29) is 11.8 Å². The van der Waals surface area contributed by atoms with Crippen molar-refractivity contribution in [3.05, 3.63) is 93.9 Å². The molecule has 1 N–H and O–H groups in total. The average Bonchev–Trinajstić information content (AvgIpc) is 3.57. The molecule has 2 amide bonds. The molecule has 4 aromatic rings. The summed E-state index contributed by atoms with van der Waals surface area (Å²) in [5.41, 5.74) is 2.94. The van der Waals surface area contributed by atoms with Crippen LogP contribution in [0.3, 0.4) is 0 Å². The summed E-state index contributed by atoms with van der Waals surface area (Å²) in [6.45, 7) is 2.40. The van der Waals surface area contributed by atoms with Crippen molar-refractivity contribution in [2.75, 3.05) is 13.7 Å². The van der Waals surface area contributed by atoms with Crippen LogP contribution in [-0.2, 0) is 6.42 Å². The van der Waals surface area contributed by atoms with Gasteiger partial charge < -0.3 is 14.6 Å². The minimum absolute atomic E-state index is 0.193. The smallest absolute Gasteiger partial charge is 0.322 e. The van der Waals surface area contributed by atoms with Gasteiger partial charge in [-0.05, 0) is 66.8 Å². The van der Waals surface area contributed by atoms with Gasteiger partial charge in [-0.3, -0.25) is 4.90 Å². The van der Waals surface area contributed by atoms with Crippen LogP contribution in [0, 0.1) is 5.82 Å². The predicted molar refractivity (Wildman–Crippen MR) is 131 cm³/mol. The lowest BCUT2D eigenvalue weighted by molar-refractivity contribution is 0.205. The molecule has 7 nitrogen and oxygen atoms in total. The standard InChI is InChI=1S/C26H23FN4O3S/c1-16-22(25-29-24(30-34-25)18-5-9-19(27)10-6-18)23(17-7-11-20(33-2)12-8-17)28-26(32)31(16)14-13-21-4-3-15-35-21/h3-12,15,23H,13-14H2,1-2H3,(H,28,32). The molecule has 0 fully saturated rings. The van der Waals surface area contributed by atoms with Crippen molar-refractivity contribution in [1.82, 2.24) is 20.4 Å². The third-order valence-corrected chi connectivity index (χ3v) is 6.90. The Bertz CT molecular complexity index is 1350. The first-order valence-corrected chi connectivity index (χ1v) is 12.0. The fourth-order valence-corrected chi connectivity index (χ4v) is 4.80. The zero-order chi connectivity index (χ0) is 24.4. The first-order chi connectivity index (χ1) is 17.0. The topological polar surface area (TPSA) is 80.5 Å². The number of hydrogen-bond acceptors (Lipinski definition) is 6. The molecule has 0 aliphatic carbocycles. The summed E-state index contributed by atoms with van der Waals surface area (Å²) in [6, 6.07) is 16.8. The number of benzene rings is 2. The Labute approximate surface area is 205 Å². The highest BCUT2D eigenvalue weighted by Crippen LogP contribution is 2.38. The van der Waals surface area contributed by atoms with E-state index in [1.807, 2.05) is 42.6 Å². The summed E-state index contributed by atoms with van der Waals surface area (Å²) in [7, 11) is 1.60. The second kappa shape index (κ2) is 9.71. The number of hydrogen-bond donors (Lipinski definition) is 1. The quantitative estimate of drug-likeness (QED) is 0.360. The normalized spacial score (nSPS) is 15.9. The molecular weight excluding hydrogens is 467 g/mol. The van der Waals surface area contributed by atoms with E-state index in [2.05, 4.69) is 21.5 Å². The summed E-state index contributed by atoms with van der Waals surface area (Å²) in [5, 5.41) is 9.24. The van der Waals surface area contributed by atoms with E-state index in [0.717, 1.165) is 17.7 Å². The Morgan fingerprint density at radius 2 is 1.91 bits per heavy atom. The van der Waals surface area contributed by atoms with Crippen LogP contribution in [0.2, 0.25) is 0 Å². The second-order valence-corrected chi connectivity index (χ2v) is 9.10. The van der Waals surface area contributed by atoms with Crippen LogP contribution in [-0.4, -0.2) is 34.7 Å². The number of methoxy groups -OCH3 is 1. The molecule has 2 aromatic heterocycles. The summed E-state index contributed by atoms with van der Waals surface area (Å²) < 4.78 is 24.3. The molecule has 2 aromatic carbocycles. The lowest BCUT2D eigenvalue weighted by Crippen LogP contribution is -2.46. The molecule has 0 bridgehead atoms. The fraction of sp³-hybridized carbons (Fsp3) is 0.192. The maximum atomic E-state index is 13.4. The van der Waals surface area contributed by atoms with Crippen molar-refractivity contribution in [3.8, 4) is 17.1 Å². The fourth-order valence-electron chi connectivity index (χ4n) is 4.10. The van der Waals surface area contributed by atoms with Gasteiger partial charge in [-0.15, -0.1) is 11.3 Å². The number of carbonyl (C=O) groups excluding carboxylic acids is 1. The SMILES string of the molecule is COc1ccc(C2NC(=O)N(CCc3cccs3)C(C)=C2c2nc(-c3ccc(F)cc3)no2)cc1. The van der Waals surface area contributed by atoms with E-state index < -0.39 is 6.04 Å². The van der Waals surface area contributed by atoms with Crippen LogP contribution in [0.4, 0.5) is 9.18 Å². The monoisotopic (exact) mass is 490 g/mol. The van der Waals surface area contributed by atoms with Gasteiger partial charge in [-0.2, -0.15) is 4.98 Å². The lowest BCUT2D eigenvalue weighted by atomic mass is 9.94. The number of nitrogens with one attached hydrogen (secondary N) is 1. The lowest BCUT2D eigenvalue weighted by Gasteiger charge is -2.35. The van der Waals surface area contributed by atoms with Gasteiger partial charge in [0.05, 0.1) is 18.7 Å². The number of halogens is 1. The Morgan fingerprint density at radius 3 is 2.60 bits per heavy atom. The molecule has 0 saturated carbocycles. The molecular formula is C26H23FN4O3S. The highest BCUT2D eigenvalue weighted by molar-refractivity contribution is 7.09. The summed E-state index contributed by atoms with van der Waals surface area (Å²) in [6.07, 6.45) is 0.730. The van der Waals surface area contributed by atoms with Crippen LogP contribution in [0.15, 0.2) is 76.3 Å². The number of allylic oxidation sites excluding steroid dienone is 1. The van der Waals surface area contributed by atoms with E-state index in [9.17, 15) is 9.18 Å². The molecule has 0 radical (unpaired) electrons. The van der Waals surface area contributed by atoms with E-state index in [0.29, 0.717) is 35.1 Å². The number of rotatable bonds is 7. The molecule has 5 rings (SSSR count). The molecule has 1 atom stereocenters. The summed E-state index contributed by atoms with van der Waals surface area (Å²) in [5.74, 6) is 1.01. The molecule has 35 heavy (non-hydrogen) atoms. The number of aromatic nitrogens is 2. The maximum absolute atomic E-state index is 13.4. The number of thiophene rings is 1. The van der Waals surface area contributed by atoms with Gasteiger partial charge >= 0.3 is 6.03 Å². The Morgan fingerprint density at radius 1 is 1.14 bits per heavy atom. The Hall–Kier alpha value is -3.98. The van der Waals surface area contributed by atoms with Gasteiger partial charge in [0.25, 0.3) is 5.89 Å². The number of nitrogens with zero attached hydrogens (tertiary/aromatic N) is 3.